The van der Waals surface area contributed by atoms with Crippen LogP contribution in [0.1, 0.15) is 27.9 Å². The van der Waals surface area contributed by atoms with Crippen LogP contribution in [0.25, 0.3) is 0 Å². The first-order chi connectivity index (χ1) is 13.5. The molecule has 7 heteroatoms. The molecule has 3 aromatic rings. The second-order valence-electron chi connectivity index (χ2n) is 6.37. The highest BCUT2D eigenvalue weighted by atomic mass is 32.1. The molecule has 0 aliphatic rings. The van der Waals surface area contributed by atoms with Crippen LogP contribution in [0.4, 0.5) is 9.18 Å². The normalized spacial score (nSPS) is 11.7. The van der Waals surface area contributed by atoms with E-state index >= 15 is 0 Å². The van der Waals surface area contributed by atoms with Crippen molar-refractivity contribution in [2.75, 3.05) is 7.11 Å². The number of nitrogens with one attached hydrogen (secondary N) is 2. The lowest BCUT2D eigenvalue weighted by Gasteiger charge is -2.20. The largest absolute Gasteiger partial charge is 0.497 e. The number of amides is 2. The van der Waals surface area contributed by atoms with Crippen molar-refractivity contribution in [1.29, 1.82) is 0 Å². The molecular weight excluding hydrogens is 377 g/mol. The van der Waals surface area contributed by atoms with Crippen molar-refractivity contribution in [2.24, 2.45) is 0 Å². The number of thiazole rings is 1. The fraction of sp³-hybridized carbons (Fsp3) is 0.238. The molecule has 0 bridgehead atoms. The molecule has 0 saturated carbocycles. The summed E-state index contributed by atoms with van der Waals surface area (Å²) in [6, 6.07) is 13.3. The third kappa shape index (κ3) is 5.53. The third-order valence-electron chi connectivity index (χ3n) is 4.24. The number of methoxy groups -OCH3 is 1. The van der Waals surface area contributed by atoms with Crippen LogP contribution in [0.5, 0.6) is 5.75 Å². The Morgan fingerprint density at radius 2 is 1.89 bits per heavy atom. The summed E-state index contributed by atoms with van der Waals surface area (Å²) in [7, 11) is 1.61. The molecule has 0 saturated heterocycles. The predicted octanol–water partition coefficient (Wildman–Crippen LogP) is 4.38. The molecule has 0 aliphatic heterocycles. The maximum atomic E-state index is 13.2. The van der Waals surface area contributed by atoms with Gasteiger partial charge in [-0.1, -0.05) is 24.3 Å². The summed E-state index contributed by atoms with van der Waals surface area (Å²) in [5.41, 5.74) is 2.80. The Morgan fingerprint density at radius 3 is 2.50 bits per heavy atom. The quantitative estimate of drug-likeness (QED) is 0.620. The van der Waals surface area contributed by atoms with E-state index in [1.807, 2.05) is 36.6 Å². The molecule has 2 aromatic carbocycles. The number of hydrogen-bond acceptors (Lipinski definition) is 4. The molecule has 146 valence electrons. The lowest BCUT2D eigenvalue weighted by atomic mass is 9.99. The van der Waals surface area contributed by atoms with Gasteiger partial charge in [-0.05, 0) is 48.7 Å². The Morgan fingerprint density at radius 1 is 1.18 bits per heavy atom. The van der Waals surface area contributed by atoms with Crippen molar-refractivity contribution in [3.63, 3.8) is 0 Å². The van der Waals surface area contributed by atoms with Crippen LogP contribution in [0.3, 0.4) is 0 Å². The van der Waals surface area contributed by atoms with Crippen LogP contribution >= 0.6 is 11.3 Å². The average molecular weight is 399 g/mol. The Bertz CT molecular complexity index is 910. The van der Waals surface area contributed by atoms with E-state index in [1.165, 1.54) is 23.5 Å². The van der Waals surface area contributed by atoms with Crippen molar-refractivity contribution in [2.45, 2.75) is 25.9 Å². The van der Waals surface area contributed by atoms with Gasteiger partial charge in [0.25, 0.3) is 0 Å². The van der Waals surface area contributed by atoms with Gasteiger partial charge in [0.15, 0.2) is 0 Å². The predicted molar refractivity (Wildman–Crippen MR) is 108 cm³/mol. The topological polar surface area (TPSA) is 63.2 Å². The highest BCUT2D eigenvalue weighted by Gasteiger charge is 2.16. The smallest absolute Gasteiger partial charge is 0.315 e. The molecule has 1 unspecified atom stereocenters. The number of urea groups is 1. The minimum absolute atomic E-state index is 0.269. The summed E-state index contributed by atoms with van der Waals surface area (Å²) in [4.78, 5) is 16.8. The third-order valence-corrected chi connectivity index (χ3v) is 5.21. The van der Waals surface area contributed by atoms with Crippen LogP contribution in [0.15, 0.2) is 53.9 Å². The van der Waals surface area contributed by atoms with Gasteiger partial charge in [0.1, 0.15) is 16.6 Å². The summed E-state index contributed by atoms with van der Waals surface area (Å²) >= 11 is 1.51. The molecule has 1 heterocycles. The number of carbonyl (C=O) groups is 1. The van der Waals surface area contributed by atoms with E-state index in [9.17, 15) is 9.18 Å². The molecular formula is C21H22FN3O2S. The van der Waals surface area contributed by atoms with E-state index in [-0.39, 0.29) is 17.9 Å². The molecule has 3 rings (SSSR count). The van der Waals surface area contributed by atoms with Gasteiger partial charge < -0.3 is 15.4 Å². The zero-order valence-electron chi connectivity index (χ0n) is 15.7. The molecule has 0 radical (unpaired) electrons. The van der Waals surface area contributed by atoms with Crippen molar-refractivity contribution in [3.8, 4) is 5.75 Å². The van der Waals surface area contributed by atoms with Gasteiger partial charge in [-0.25, -0.2) is 14.2 Å². The zero-order chi connectivity index (χ0) is 19.9. The number of nitrogens with zero attached hydrogens (tertiary/aromatic N) is 1. The number of hydrogen-bond donors (Lipinski definition) is 2. The molecule has 5 nitrogen and oxygen atoms in total. The monoisotopic (exact) mass is 399 g/mol. The number of benzene rings is 2. The SMILES string of the molecule is COc1ccc(C(Cc2ccc(F)cc2)NC(=O)NCc2nc(C)cs2)cc1. The Balaban J connectivity index is 1.70. The fourth-order valence-corrected chi connectivity index (χ4v) is 3.51. The van der Waals surface area contributed by atoms with Crippen molar-refractivity contribution >= 4 is 17.4 Å². The lowest BCUT2D eigenvalue weighted by molar-refractivity contribution is 0.236. The number of aromatic nitrogens is 1. The molecule has 1 aromatic heterocycles. The standard InChI is InChI=1S/C21H22FN3O2S/c1-14-13-28-20(24-14)12-23-21(26)25-19(11-15-3-7-17(22)8-4-15)16-5-9-18(27-2)10-6-16/h3-10,13,19H,11-12H2,1-2H3,(H2,23,25,26). The minimum Gasteiger partial charge on any atom is -0.497 e. The van der Waals surface area contributed by atoms with Crippen LogP contribution < -0.4 is 15.4 Å². The number of rotatable bonds is 7. The molecule has 2 amide bonds. The first-order valence-electron chi connectivity index (χ1n) is 8.87. The van der Waals surface area contributed by atoms with Gasteiger partial charge in [-0.15, -0.1) is 11.3 Å². The van der Waals surface area contributed by atoms with Crippen molar-refractivity contribution in [1.82, 2.24) is 15.6 Å². The van der Waals surface area contributed by atoms with E-state index < -0.39 is 0 Å². The van der Waals surface area contributed by atoms with Crippen LogP contribution in [0, 0.1) is 12.7 Å². The first kappa shape index (κ1) is 19.8. The molecule has 0 aliphatic carbocycles. The van der Waals surface area contributed by atoms with E-state index in [1.54, 1.807) is 19.2 Å². The van der Waals surface area contributed by atoms with Gasteiger partial charge >= 0.3 is 6.03 Å². The van der Waals surface area contributed by atoms with Crippen LogP contribution in [-0.2, 0) is 13.0 Å². The summed E-state index contributed by atoms with van der Waals surface area (Å²) in [5, 5.41) is 8.65. The van der Waals surface area contributed by atoms with Gasteiger partial charge in [-0.3, -0.25) is 0 Å². The van der Waals surface area contributed by atoms with Crippen LogP contribution in [-0.4, -0.2) is 18.1 Å². The Hall–Kier alpha value is -2.93. The molecule has 2 N–H and O–H groups in total. The maximum absolute atomic E-state index is 13.2. The minimum atomic E-state index is -0.283. The second-order valence-corrected chi connectivity index (χ2v) is 7.31. The molecule has 1 atom stereocenters. The summed E-state index contributed by atoms with van der Waals surface area (Å²) < 4.78 is 18.4. The number of carbonyl (C=O) groups excluding carboxylic acids is 1. The summed E-state index contributed by atoms with van der Waals surface area (Å²) in [6.07, 6.45) is 0.538. The molecule has 28 heavy (non-hydrogen) atoms. The number of aryl methyl sites for hydroxylation is 1. The maximum Gasteiger partial charge on any atom is 0.315 e. The Labute approximate surface area is 167 Å². The number of ether oxygens (including phenoxy) is 1. The highest BCUT2D eigenvalue weighted by molar-refractivity contribution is 7.09. The van der Waals surface area contributed by atoms with E-state index in [2.05, 4.69) is 15.6 Å². The zero-order valence-corrected chi connectivity index (χ0v) is 16.6. The average Bonchev–Trinajstić information content (AvgIpc) is 3.13. The highest BCUT2D eigenvalue weighted by Crippen LogP contribution is 2.22. The summed E-state index contributed by atoms with van der Waals surface area (Å²) in [6.45, 7) is 2.29. The van der Waals surface area contributed by atoms with Gasteiger partial charge in [0, 0.05) is 11.1 Å². The lowest BCUT2D eigenvalue weighted by Crippen LogP contribution is -2.38. The van der Waals surface area contributed by atoms with Gasteiger partial charge in [-0.2, -0.15) is 0 Å². The van der Waals surface area contributed by atoms with Crippen molar-refractivity contribution in [3.05, 3.63) is 81.6 Å². The number of halogens is 1. The molecule has 0 fully saturated rings. The molecule has 0 spiro atoms. The Kier molecular flexibility index (Phi) is 6.60. The van der Waals surface area contributed by atoms with E-state index in [0.29, 0.717) is 13.0 Å². The second kappa shape index (κ2) is 9.32. The van der Waals surface area contributed by atoms with Crippen molar-refractivity contribution < 1.29 is 13.9 Å². The van der Waals surface area contributed by atoms with Gasteiger partial charge in [0.2, 0.25) is 0 Å². The summed E-state index contributed by atoms with van der Waals surface area (Å²) in [5.74, 6) is 0.460. The van der Waals surface area contributed by atoms with Gasteiger partial charge in [0.05, 0.1) is 19.7 Å². The van der Waals surface area contributed by atoms with E-state index in [4.69, 9.17) is 4.74 Å². The fourth-order valence-electron chi connectivity index (χ4n) is 2.79. The first-order valence-corrected chi connectivity index (χ1v) is 9.75. The van der Waals surface area contributed by atoms with E-state index in [0.717, 1.165) is 27.6 Å². The van der Waals surface area contributed by atoms with Crippen LogP contribution in [0.2, 0.25) is 0 Å².